The van der Waals surface area contributed by atoms with E-state index in [1.165, 1.54) is 7.11 Å². The molecule has 0 aliphatic carbocycles. The molecule has 0 saturated carbocycles. The first kappa shape index (κ1) is 19.2. The van der Waals surface area contributed by atoms with Gasteiger partial charge in [0.2, 0.25) is 0 Å². The number of hydrogen-bond acceptors (Lipinski definition) is 4. The molecule has 0 atom stereocenters. The first-order valence-corrected chi connectivity index (χ1v) is 8.35. The first-order valence-electron chi connectivity index (χ1n) is 7.59. The van der Waals surface area contributed by atoms with Crippen molar-refractivity contribution in [2.24, 2.45) is 0 Å². The minimum Gasteiger partial charge on any atom is -0.493 e. The molecular weight excluding hydrogens is 367 g/mol. The quantitative estimate of drug-likeness (QED) is 0.645. The smallest absolute Gasteiger partial charge is 0.303 e. The molecule has 0 aliphatic rings. The van der Waals surface area contributed by atoms with Crippen molar-refractivity contribution < 1.29 is 24.1 Å². The van der Waals surface area contributed by atoms with Gasteiger partial charge in [0, 0.05) is 17.5 Å². The Kier molecular flexibility index (Phi) is 7.22. The molecule has 1 N–H and O–H groups in total. The van der Waals surface area contributed by atoms with Crippen molar-refractivity contribution in [1.29, 1.82) is 0 Å². The molecule has 0 radical (unpaired) electrons. The van der Waals surface area contributed by atoms with Crippen LogP contribution in [0.5, 0.6) is 17.2 Å². The Morgan fingerprint density at radius 2 is 1.84 bits per heavy atom. The highest BCUT2D eigenvalue weighted by atomic mass is 35.5. The molecule has 0 saturated heterocycles. The lowest BCUT2D eigenvalue weighted by Gasteiger charge is -2.15. The lowest BCUT2D eigenvalue weighted by molar-refractivity contribution is -0.136. The van der Waals surface area contributed by atoms with Crippen molar-refractivity contribution >= 4 is 29.2 Å². The van der Waals surface area contributed by atoms with Gasteiger partial charge in [-0.2, -0.15) is 0 Å². The van der Waals surface area contributed by atoms with Crippen LogP contribution in [0.2, 0.25) is 10.0 Å². The number of hydrogen-bond donors (Lipinski definition) is 1. The Morgan fingerprint density at radius 1 is 1.08 bits per heavy atom. The van der Waals surface area contributed by atoms with Gasteiger partial charge in [0.1, 0.15) is 19.0 Å². The van der Waals surface area contributed by atoms with Crippen molar-refractivity contribution in [1.82, 2.24) is 0 Å². The standard InChI is InChI=1S/C18H18Cl2O5/c1-23-15-4-2-3-12(5-8-17(21)22)18(15)25-10-9-24-16-11-13(19)6-7-14(16)20/h2-4,6-7,11H,5,8-10H2,1H3,(H,21,22). The van der Waals surface area contributed by atoms with Gasteiger partial charge in [0.25, 0.3) is 0 Å². The molecule has 0 bridgehead atoms. The van der Waals surface area contributed by atoms with Crippen molar-refractivity contribution in [3.8, 4) is 17.2 Å². The van der Waals surface area contributed by atoms with Crippen LogP contribution in [-0.4, -0.2) is 31.4 Å². The zero-order valence-corrected chi connectivity index (χ0v) is 15.1. The van der Waals surface area contributed by atoms with Crippen LogP contribution in [0.15, 0.2) is 36.4 Å². The molecule has 0 aromatic heterocycles. The number of aliphatic carboxylic acids is 1. The molecule has 0 aliphatic heterocycles. The van der Waals surface area contributed by atoms with Crippen LogP contribution in [0.4, 0.5) is 0 Å². The van der Waals surface area contributed by atoms with E-state index in [1.807, 2.05) is 6.07 Å². The molecule has 0 heterocycles. The highest BCUT2D eigenvalue weighted by molar-refractivity contribution is 6.34. The van der Waals surface area contributed by atoms with E-state index in [9.17, 15) is 4.79 Å². The zero-order valence-electron chi connectivity index (χ0n) is 13.6. The number of carboxylic acid groups (broad SMARTS) is 1. The largest absolute Gasteiger partial charge is 0.493 e. The van der Waals surface area contributed by atoms with Gasteiger partial charge < -0.3 is 19.3 Å². The fraction of sp³-hybridized carbons (Fsp3) is 0.278. The maximum atomic E-state index is 10.8. The van der Waals surface area contributed by atoms with E-state index < -0.39 is 5.97 Å². The van der Waals surface area contributed by atoms with Crippen LogP contribution in [0.1, 0.15) is 12.0 Å². The molecule has 0 amide bonds. The Balaban J connectivity index is 1.99. The van der Waals surface area contributed by atoms with Crippen LogP contribution in [0, 0.1) is 0 Å². The van der Waals surface area contributed by atoms with Gasteiger partial charge in [0.15, 0.2) is 11.5 Å². The van der Waals surface area contributed by atoms with Crippen LogP contribution >= 0.6 is 23.2 Å². The number of aryl methyl sites for hydroxylation is 1. The number of benzene rings is 2. The number of methoxy groups -OCH3 is 1. The molecular formula is C18H18Cl2O5. The average molecular weight is 385 g/mol. The maximum Gasteiger partial charge on any atom is 0.303 e. The van der Waals surface area contributed by atoms with E-state index in [4.69, 9.17) is 42.5 Å². The van der Waals surface area contributed by atoms with E-state index in [0.717, 1.165) is 5.56 Å². The third-order valence-electron chi connectivity index (χ3n) is 3.37. The van der Waals surface area contributed by atoms with Gasteiger partial charge in [0.05, 0.1) is 12.1 Å². The van der Waals surface area contributed by atoms with Crippen LogP contribution in [0.3, 0.4) is 0 Å². The summed E-state index contributed by atoms with van der Waals surface area (Å²) in [6.07, 6.45) is 0.362. The van der Waals surface area contributed by atoms with Crippen LogP contribution in [-0.2, 0) is 11.2 Å². The Labute approximate surface area is 156 Å². The van der Waals surface area contributed by atoms with Gasteiger partial charge >= 0.3 is 5.97 Å². The maximum absolute atomic E-state index is 10.8. The third-order valence-corrected chi connectivity index (χ3v) is 3.92. The minimum atomic E-state index is -0.868. The molecule has 2 rings (SSSR count). The van der Waals surface area contributed by atoms with Crippen molar-refractivity contribution in [3.63, 3.8) is 0 Å². The van der Waals surface area contributed by atoms with Crippen molar-refractivity contribution in [2.75, 3.05) is 20.3 Å². The number of ether oxygens (including phenoxy) is 3. The second-order valence-corrected chi connectivity index (χ2v) is 5.96. The molecule has 0 spiro atoms. The van der Waals surface area contributed by atoms with E-state index in [1.54, 1.807) is 30.3 Å². The summed E-state index contributed by atoms with van der Waals surface area (Å²) in [6, 6.07) is 10.3. The predicted molar refractivity (Wildman–Crippen MR) is 96.4 cm³/mol. The van der Waals surface area contributed by atoms with Gasteiger partial charge in [-0.15, -0.1) is 0 Å². The second kappa shape index (κ2) is 9.39. The molecule has 2 aromatic rings. The Hall–Kier alpha value is -2.11. The summed E-state index contributed by atoms with van der Waals surface area (Å²) in [6.45, 7) is 0.486. The van der Waals surface area contributed by atoms with E-state index >= 15 is 0 Å². The summed E-state index contributed by atoms with van der Waals surface area (Å²) in [5, 5.41) is 9.86. The normalized spacial score (nSPS) is 10.4. The van der Waals surface area contributed by atoms with E-state index in [2.05, 4.69) is 0 Å². The highest BCUT2D eigenvalue weighted by Gasteiger charge is 2.12. The minimum absolute atomic E-state index is 0.0121. The topological polar surface area (TPSA) is 65.0 Å². The van der Waals surface area contributed by atoms with Gasteiger partial charge in [-0.3, -0.25) is 4.79 Å². The van der Waals surface area contributed by atoms with Gasteiger partial charge in [-0.25, -0.2) is 0 Å². The average Bonchev–Trinajstić information content (AvgIpc) is 2.59. The van der Waals surface area contributed by atoms with Crippen LogP contribution < -0.4 is 14.2 Å². The summed E-state index contributed by atoms with van der Waals surface area (Å²) in [5.41, 5.74) is 0.766. The van der Waals surface area contributed by atoms with Crippen molar-refractivity contribution in [3.05, 3.63) is 52.0 Å². The second-order valence-electron chi connectivity index (χ2n) is 5.11. The Morgan fingerprint density at radius 3 is 2.56 bits per heavy atom. The van der Waals surface area contributed by atoms with E-state index in [0.29, 0.717) is 33.7 Å². The number of carbonyl (C=O) groups is 1. The molecule has 0 unspecified atom stereocenters. The molecule has 5 nitrogen and oxygen atoms in total. The van der Waals surface area contributed by atoms with E-state index in [-0.39, 0.29) is 19.6 Å². The number of rotatable bonds is 9. The number of para-hydroxylation sites is 1. The third kappa shape index (κ3) is 5.73. The predicted octanol–water partition coefficient (Wildman–Crippen LogP) is 4.48. The monoisotopic (exact) mass is 384 g/mol. The molecule has 2 aromatic carbocycles. The zero-order chi connectivity index (χ0) is 18.2. The summed E-state index contributed by atoms with van der Waals surface area (Å²) in [5.74, 6) is 0.673. The molecule has 134 valence electrons. The van der Waals surface area contributed by atoms with Crippen molar-refractivity contribution in [2.45, 2.75) is 12.8 Å². The first-order chi connectivity index (χ1) is 12.0. The van der Waals surface area contributed by atoms with Gasteiger partial charge in [-0.1, -0.05) is 35.3 Å². The number of carboxylic acids is 1. The molecule has 0 fully saturated rings. The van der Waals surface area contributed by atoms with Gasteiger partial charge in [-0.05, 0) is 30.2 Å². The summed E-state index contributed by atoms with van der Waals surface area (Å²) >= 11 is 11.9. The highest BCUT2D eigenvalue weighted by Crippen LogP contribution is 2.32. The fourth-order valence-electron chi connectivity index (χ4n) is 2.21. The lowest BCUT2D eigenvalue weighted by Crippen LogP contribution is -2.11. The summed E-state index contributed by atoms with van der Waals surface area (Å²) in [4.78, 5) is 10.8. The summed E-state index contributed by atoms with van der Waals surface area (Å²) < 4.78 is 16.6. The summed E-state index contributed by atoms with van der Waals surface area (Å²) in [7, 11) is 1.53. The molecule has 25 heavy (non-hydrogen) atoms. The SMILES string of the molecule is COc1cccc(CCC(=O)O)c1OCCOc1cc(Cl)ccc1Cl. The Bertz CT molecular complexity index is 733. The lowest BCUT2D eigenvalue weighted by atomic mass is 10.1. The van der Waals surface area contributed by atoms with Crippen LogP contribution in [0.25, 0.3) is 0 Å². The fourth-order valence-corrected chi connectivity index (χ4v) is 2.54. The molecule has 7 heteroatoms. The number of halogens is 2.